The molecule has 0 amide bonds. The van der Waals surface area contributed by atoms with Gasteiger partial charge in [0, 0.05) is 0 Å². The first-order valence-electron chi connectivity index (χ1n) is 9.77. The van der Waals surface area contributed by atoms with E-state index in [0.29, 0.717) is 30.6 Å². The molecule has 0 aliphatic heterocycles. The summed E-state index contributed by atoms with van der Waals surface area (Å²) in [5.41, 5.74) is -2.11. The monoisotopic (exact) mass is 440 g/mol. The maximum atomic E-state index is 13.7. The predicted molar refractivity (Wildman–Crippen MR) is 104 cm³/mol. The van der Waals surface area contributed by atoms with Crippen LogP contribution in [0, 0.1) is 5.92 Å². The highest BCUT2D eigenvalue weighted by Crippen LogP contribution is 2.35. The first-order chi connectivity index (χ1) is 14.7. The molecule has 3 rings (SSSR count). The van der Waals surface area contributed by atoms with Gasteiger partial charge >= 0.3 is 12.1 Å². The molecule has 1 aliphatic carbocycles. The van der Waals surface area contributed by atoms with Crippen molar-refractivity contribution in [3.8, 4) is 11.5 Å². The fourth-order valence-corrected chi connectivity index (χ4v) is 3.65. The SMILES string of the molecule is COC(=O)[C@@H]1CCC[C@H](Oc2cnn(Cc3ccc(OC)cc3)c(=O)c2C(F)(F)F)C1. The Hall–Kier alpha value is -3.04. The van der Waals surface area contributed by atoms with Crippen LogP contribution in [-0.2, 0) is 22.3 Å². The van der Waals surface area contributed by atoms with E-state index in [1.807, 2.05) is 0 Å². The van der Waals surface area contributed by atoms with Crippen molar-refractivity contribution in [2.24, 2.45) is 5.92 Å². The van der Waals surface area contributed by atoms with Gasteiger partial charge < -0.3 is 14.2 Å². The smallest absolute Gasteiger partial charge is 0.425 e. The maximum absolute atomic E-state index is 13.7. The molecule has 1 heterocycles. The van der Waals surface area contributed by atoms with Crippen LogP contribution in [-0.4, -0.2) is 36.1 Å². The summed E-state index contributed by atoms with van der Waals surface area (Å²) in [6, 6.07) is 6.56. The number of esters is 1. The molecule has 168 valence electrons. The van der Waals surface area contributed by atoms with E-state index < -0.39 is 41.0 Å². The Morgan fingerprint density at radius 3 is 2.52 bits per heavy atom. The molecule has 0 saturated heterocycles. The van der Waals surface area contributed by atoms with Crippen LogP contribution >= 0.6 is 0 Å². The van der Waals surface area contributed by atoms with Crippen molar-refractivity contribution in [2.45, 2.75) is 44.5 Å². The third-order valence-corrected chi connectivity index (χ3v) is 5.24. The highest BCUT2D eigenvalue weighted by Gasteiger charge is 2.40. The summed E-state index contributed by atoms with van der Waals surface area (Å²) < 4.78 is 57.2. The van der Waals surface area contributed by atoms with E-state index in [9.17, 15) is 22.8 Å². The van der Waals surface area contributed by atoms with Crippen molar-refractivity contribution >= 4 is 5.97 Å². The quantitative estimate of drug-likeness (QED) is 0.641. The first-order valence-corrected chi connectivity index (χ1v) is 9.77. The molecule has 1 aliphatic rings. The Bertz CT molecular complexity index is 972. The average molecular weight is 440 g/mol. The molecule has 7 nitrogen and oxygen atoms in total. The molecule has 0 spiro atoms. The zero-order valence-corrected chi connectivity index (χ0v) is 17.1. The molecular weight excluding hydrogens is 417 g/mol. The zero-order chi connectivity index (χ0) is 22.6. The Morgan fingerprint density at radius 2 is 1.90 bits per heavy atom. The van der Waals surface area contributed by atoms with Gasteiger partial charge in [-0.2, -0.15) is 18.3 Å². The average Bonchev–Trinajstić information content (AvgIpc) is 2.75. The minimum Gasteiger partial charge on any atom is -0.497 e. The number of hydrogen-bond acceptors (Lipinski definition) is 6. The number of nitrogens with zero attached hydrogens (tertiary/aromatic N) is 2. The summed E-state index contributed by atoms with van der Waals surface area (Å²) in [5, 5.41) is 3.88. The van der Waals surface area contributed by atoms with Gasteiger partial charge in [0.05, 0.1) is 39.0 Å². The van der Waals surface area contributed by atoms with Crippen molar-refractivity contribution in [3.63, 3.8) is 0 Å². The van der Waals surface area contributed by atoms with E-state index in [-0.39, 0.29) is 13.0 Å². The Kier molecular flexibility index (Phi) is 6.87. The van der Waals surface area contributed by atoms with E-state index in [2.05, 4.69) is 5.10 Å². The second kappa shape index (κ2) is 9.40. The second-order valence-electron chi connectivity index (χ2n) is 7.32. The number of carbonyl (C=O) groups excluding carboxylic acids is 1. The van der Waals surface area contributed by atoms with Crippen LogP contribution in [0.25, 0.3) is 0 Å². The van der Waals surface area contributed by atoms with E-state index in [0.717, 1.165) is 10.9 Å². The number of alkyl halides is 3. The lowest BCUT2D eigenvalue weighted by atomic mass is 9.87. The molecule has 1 aromatic heterocycles. The lowest BCUT2D eigenvalue weighted by Crippen LogP contribution is -2.34. The van der Waals surface area contributed by atoms with Crippen molar-refractivity contribution in [1.82, 2.24) is 9.78 Å². The van der Waals surface area contributed by atoms with E-state index in [1.54, 1.807) is 24.3 Å². The van der Waals surface area contributed by atoms with Crippen LogP contribution in [0.2, 0.25) is 0 Å². The van der Waals surface area contributed by atoms with Crippen LogP contribution in [0.4, 0.5) is 13.2 Å². The molecule has 0 radical (unpaired) electrons. The summed E-state index contributed by atoms with van der Waals surface area (Å²) in [6.07, 6.45) is -2.77. The highest BCUT2D eigenvalue weighted by atomic mass is 19.4. The Labute approximate surface area is 176 Å². The van der Waals surface area contributed by atoms with Gasteiger partial charge in [-0.3, -0.25) is 9.59 Å². The largest absolute Gasteiger partial charge is 0.497 e. The minimum absolute atomic E-state index is 0.139. The summed E-state index contributed by atoms with van der Waals surface area (Å²) in [6.45, 7) is -0.139. The highest BCUT2D eigenvalue weighted by molar-refractivity contribution is 5.72. The Morgan fingerprint density at radius 1 is 1.19 bits per heavy atom. The zero-order valence-electron chi connectivity index (χ0n) is 17.1. The van der Waals surface area contributed by atoms with E-state index in [4.69, 9.17) is 14.2 Å². The van der Waals surface area contributed by atoms with Crippen molar-refractivity contribution < 1.29 is 32.2 Å². The molecule has 1 fully saturated rings. The van der Waals surface area contributed by atoms with Gasteiger partial charge in [0.15, 0.2) is 11.3 Å². The third-order valence-electron chi connectivity index (χ3n) is 5.24. The van der Waals surface area contributed by atoms with E-state index >= 15 is 0 Å². The van der Waals surface area contributed by atoms with Crippen molar-refractivity contribution in [1.29, 1.82) is 0 Å². The van der Waals surface area contributed by atoms with Gasteiger partial charge in [-0.15, -0.1) is 0 Å². The van der Waals surface area contributed by atoms with Crippen molar-refractivity contribution in [2.75, 3.05) is 14.2 Å². The molecule has 2 aromatic rings. The Balaban J connectivity index is 1.86. The number of methoxy groups -OCH3 is 2. The maximum Gasteiger partial charge on any atom is 0.425 e. The summed E-state index contributed by atoms with van der Waals surface area (Å²) >= 11 is 0. The van der Waals surface area contributed by atoms with Crippen LogP contribution < -0.4 is 15.0 Å². The summed E-state index contributed by atoms with van der Waals surface area (Å²) in [4.78, 5) is 24.4. The molecule has 0 bridgehead atoms. The molecular formula is C21H23F3N2O5. The molecule has 1 saturated carbocycles. The lowest BCUT2D eigenvalue weighted by Gasteiger charge is -2.28. The number of benzene rings is 1. The van der Waals surface area contributed by atoms with Gasteiger partial charge in [0.1, 0.15) is 5.75 Å². The normalized spacial score (nSPS) is 19.0. The lowest BCUT2D eigenvalue weighted by molar-refractivity contribution is -0.148. The van der Waals surface area contributed by atoms with Crippen LogP contribution in [0.15, 0.2) is 35.3 Å². The van der Waals surface area contributed by atoms with Gasteiger partial charge in [0.2, 0.25) is 0 Å². The van der Waals surface area contributed by atoms with Gasteiger partial charge in [-0.1, -0.05) is 12.1 Å². The predicted octanol–water partition coefficient (Wildman–Crippen LogP) is 3.43. The standard InChI is InChI=1S/C21H23F3N2O5/c1-29-15-8-6-13(7-9-15)12-26-19(27)18(21(22,23)24)17(11-25-26)31-16-5-3-4-14(10-16)20(28)30-2/h6-9,11,14,16H,3-5,10,12H2,1-2H3/t14-,16+/m1/s1. The second-order valence-corrected chi connectivity index (χ2v) is 7.32. The van der Waals surface area contributed by atoms with E-state index in [1.165, 1.54) is 14.2 Å². The van der Waals surface area contributed by atoms with Crippen LogP contribution in [0.3, 0.4) is 0 Å². The van der Waals surface area contributed by atoms with Crippen molar-refractivity contribution in [3.05, 3.63) is 51.9 Å². The molecule has 0 unspecified atom stereocenters. The molecule has 1 aromatic carbocycles. The minimum atomic E-state index is -4.92. The summed E-state index contributed by atoms with van der Waals surface area (Å²) in [5.74, 6) is -0.903. The van der Waals surface area contributed by atoms with Gasteiger partial charge in [-0.05, 0) is 43.4 Å². The fraction of sp³-hybridized carbons (Fsp3) is 0.476. The number of aromatic nitrogens is 2. The number of hydrogen-bond donors (Lipinski definition) is 0. The molecule has 2 atom stereocenters. The fourth-order valence-electron chi connectivity index (χ4n) is 3.65. The van der Waals surface area contributed by atoms with Gasteiger partial charge in [0.25, 0.3) is 5.56 Å². The molecule has 0 N–H and O–H groups in total. The third kappa shape index (κ3) is 5.36. The molecule has 10 heteroatoms. The van der Waals surface area contributed by atoms with Gasteiger partial charge in [-0.25, -0.2) is 4.68 Å². The molecule has 31 heavy (non-hydrogen) atoms. The number of ether oxygens (including phenoxy) is 3. The number of carbonyl (C=O) groups is 1. The first kappa shape index (κ1) is 22.6. The number of halogens is 3. The number of rotatable bonds is 6. The van der Waals surface area contributed by atoms with Crippen LogP contribution in [0.1, 0.15) is 36.8 Å². The van der Waals surface area contributed by atoms with Crippen LogP contribution in [0.5, 0.6) is 11.5 Å². The topological polar surface area (TPSA) is 79.7 Å². The summed E-state index contributed by atoms with van der Waals surface area (Å²) in [7, 11) is 2.76.